The summed E-state index contributed by atoms with van der Waals surface area (Å²) >= 11 is 0. The number of hydrogen-bond acceptors (Lipinski definition) is 3. The van der Waals surface area contributed by atoms with Gasteiger partial charge >= 0.3 is 0 Å². The van der Waals surface area contributed by atoms with E-state index in [1.807, 2.05) is 0 Å². The van der Waals surface area contributed by atoms with E-state index in [4.69, 9.17) is 0 Å². The summed E-state index contributed by atoms with van der Waals surface area (Å²) in [6, 6.07) is 1.75. The maximum atomic E-state index is 13.2. The average molecular weight is 253 g/mol. The van der Waals surface area contributed by atoms with Crippen molar-refractivity contribution in [1.29, 1.82) is 0 Å². The van der Waals surface area contributed by atoms with E-state index < -0.39 is 0 Å². The summed E-state index contributed by atoms with van der Waals surface area (Å²) < 4.78 is 13.2. The predicted molar refractivity (Wildman–Crippen MR) is 73.0 cm³/mol. The highest BCUT2D eigenvalue weighted by Gasteiger charge is 2.12. The van der Waals surface area contributed by atoms with Gasteiger partial charge in [0.15, 0.2) is 0 Å². The Morgan fingerprint density at radius 2 is 2.00 bits per heavy atom. The van der Waals surface area contributed by atoms with E-state index in [0.29, 0.717) is 0 Å². The van der Waals surface area contributed by atoms with Gasteiger partial charge in [-0.2, -0.15) is 0 Å². The summed E-state index contributed by atoms with van der Waals surface area (Å²) in [5.74, 6) is -0.266. The molecule has 1 aromatic heterocycles. The van der Waals surface area contributed by atoms with Gasteiger partial charge in [-0.3, -0.25) is 4.98 Å². The van der Waals surface area contributed by atoms with Gasteiger partial charge < -0.3 is 10.2 Å². The lowest BCUT2D eigenvalue weighted by Gasteiger charge is -2.23. The molecule has 18 heavy (non-hydrogen) atoms. The molecule has 0 radical (unpaired) electrons. The highest BCUT2D eigenvalue weighted by Crippen LogP contribution is 2.17. The van der Waals surface area contributed by atoms with Gasteiger partial charge in [0.05, 0.1) is 6.20 Å². The van der Waals surface area contributed by atoms with E-state index in [1.165, 1.54) is 6.20 Å². The van der Waals surface area contributed by atoms with E-state index in [9.17, 15) is 4.39 Å². The number of pyridine rings is 1. The molecule has 0 aliphatic carbocycles. The first-order chi connectivity index (χ1) is 8.71. The topological polar surface area (TPSA) is 28.2 Å². The van der Waals surface area contributed by atoms with Crippen LogP contribution in [0.4, 0.5) is 4.39 Å². The highest BCUT2D eigenvalue weighted by atomic mass is 19.1. The van der Waals surface area contributed by atoms with E-state index in [1.54, 1.807) is 12.3 Å². The standard InChI is InChI=1S/C14H24FN3/c1-4-17-14(7-8-18(5-2)6-3)12-9-13(15)11-16-10-12/h9-11,14,17H,4-8H2,1-3H3. The Morgan fingerprint density at radius 3 is 2.56 bits per heavy atom. The van der Waals surface area contributed by atoms with Crippen LogP contribution in [0.1, 0.15) is 38.8 Å². The number of hydrogen-bond donors (Lipinski definition) is 1. The first-order valence-electron chi connectivity index (χ1n) is 6.77. The monoisotopic (exact) mass is 253 g/mol. The number of nitrogens with one attached hydrogen (secondary N) is 1. The molecule has 1 N–H and O–H groups in total. The highest BCUT2D eigenvalue weighted by molar-refractivity contribution is 5.15. The van der Waals surface area contributed by atoms with Gasteiger partial charge in [-0.05, 0) is 44.2 Å². The zero-order valence-corrected chi connectivity index (χ0v) is 11.6. The van der Waals surface area contributed by atoms with Crippen molar-refractivity contribution in [1.82, 2.24) is 15.2 Å². The molecule has 102 valence electrons. The smallest absolute Gasteiger partial charge is 0.141 e. The normalized spacial score (nSPS) is 12.9. The molecule has 0 aliphatic heterocycles. The van der Waals surface area contributed by atoms with Gasteiger partial charge in [-0.25, -0.2) is 4.39 Å². The zero-order valence-electron chi connectivity index (χ0n) is 11.6. The first kappa shape index (κ1) is 15.1. The van der Waals surface area contributed by atoms with Gasteiger partial charge in [-0.15, -0.1) is 0 Å². The fourth-order valence-corrected chi connectivity index (χ4v) is 2.10. The second-order valence-corrected chi connectivity index (χ2v) is 4.36. The molecule has 4 heteroatoms. The van der Waals surface area contributed by atoms with Crippen molar-refractivity contribution in [2.75, 3.05) is 26.2 Å². The van der Waals surface area contributed by atoms with Crippen molar-refractivity contribution < 1.29 is 4.39 Å². The minimum atomic E-state index is -0.266. The molecule has 0 amide bonds. The molecular weight excluding hydrogens is 229 g/mol. The second-order valence-electron chi connectivity index (χ2n) is 4.36. The van der Waals surface area contributed by atoms with Crippen LogP contribution < -0.4 is 5.32 Å². The van der Waals surface area contributed by atoms with E-state index in [0.717, 1.165) is 38.2 Å². The van der Waals surface area contributed by atoms with E-state index in [2.05, 4.69) is 36.0 Å². The number of nitrogens with zero attached hydrogens (tertiary/aromatic N) is 2. The largest absolute Gasteiger partial charge is 0.310 e. The molecule has 0 fully saturated rings. The van der Waals surface area contributed by atoms with Crippen molar-refractivity contribution in [3.05, 3.63) is 29.8 Å². The van der Waals surface area contributed by atoms with Crippen LogP contribution >= 0.6 is 0 Å². The molecule has 1 heterocycles. The number of aromatic nitrogens is 1. The van der Waals surface area contributed by atoms with Crippen LogP contribution in [-0.2, 0) is 0 Å². The van der Waals surface area contributed by atoms with Crippen molar-refractivity contribution in [3.63, 3.8) is 0 Å². The van der Waals surface area contributed by atoms with Gasteiger partial charge in [0, 0.05) is 12.2 Å². The Balaban J connectivity index is 2.64. The average Bonchev–Trinajstić information content (AvgIpc) is 2.38. The Kier molecular flexibility index (Phi) is 6.83. The van der Waals surface area contributed by atoms with Crippen LogP contribution in [0, 0.1) is 5.82 Å². The van der Waals surface area contributed by atoms with E-state index in [-0.39, 0.29) is 11.9 Å². The molecule has 1 unspecified atom stereocenters. The molecule has 0 saturated heterocycles. The third-order valence-electron chi connectivity index (χ3n) is 3.21. The van der Waals surface area contributed by atoms with Crippen LogP contribution in [0.5, 0.6) is 0 Å². The van der Waals surface area contributed by atoms with Crippen LogP contribution in [0.25, 0.3) is 0 Å². The summed E-state index contributed by atoms with van der Waals surface area (Å²) in [5.41, 5.74) is 0.934. The second kappa shape index (κ2) is 8.16. The summed E-state index contributed by atoms with van der Waals surface area (Å²) in [6.45, 7) is 10.4. The summed E-state index contributed by atoms with van der Waals surface area (Å²) in [5, 5.41) is 3.40. The van der Waals surface area contributed by atoms with Crippen LogP contribution in [0.15, 0.2) is 18.5 Å². The maximum Gasteiger partial charge on any atom is 0.141 e. The molecule has 0 aliphatic rings. The lowest BCUT2D eigenvalue weighted by Crippen LogP contribution is -2.29. The predicted octanol–water partition coefficient (Wildman–Crippen LogP) is 2.60. The van der Waals surface area contributed by atoms with Crippen LogP contribution in [0.3, 0.4) is 0 Å². The molecule has 1 aromatic rings. The zero-order chi connectivity index (χ0) is 13.4. The molecule has 0 bridgehead atoms. The fourth-order valence-electron chi connectivity index (χ4n) is 2.10. The summed E-state index contributed by atoms with van der Waals surface area (Å²) in [7, 11) is 0. The third-order valence-corrected chi connectivity index (χ3v) is 3.21. The minimum Gasteiger partial charge on any atom is -0.310 e. The summed E-state index contributed by atoms with van der Waals surface area (Å²) in [4.78, 5) is 6.30. The first-order valence-corrected chi connectivity index (χ1v) is 6.77. The Bertz CT molecular complexity index is 340. The van der Waals surface area contributed by atoms with E-state index >= 15 is 0 Å². The molecular formula is C14H24FN3. The summed E-state index contributed by atoms with van der Waals surface area (Å²) in [6.07, 6.45) is 3.97. The SMILES string of the molecule is CCNC(CCN(CC)CC)c1cncc(F)c1. The third kappa shape index (κ3) is 4.70. The Morgan fingerprint density at radius 1 is 1.28 bits per heavy atom. The minimum absolute atomic E-state index is 0.179. The Labute approximate surface area is 109 Å². The number of rotatable bonds is 8. The lowest BCUT2D eigenvalue weighted by molar-refractivity contribution is 0.282. The number of halogens is 1. The van der Waals surface area contributed by atoms with Crippen molar-refractivity contribution in [2.24, 2.45) is 0 Å². The van der Waals surface area contributed by atoms with Gasteiger partial charge in [0.1, 0.15) is 5.82 Å². The fraction of sp³-hybridized carbons (Fsp3) is 0.643. The van der Waals surface area contributed by atoms with Gasteiger partial charge in [0.2, 0.25) is 0 Å². The molecule has 1 atom stereocenters. The quantitative estimate of drug-likeness (QED) is 0.772. The molecule has 0 saturated carbocycles. The van der Waals surface area contributed by atoms with Crippen LogP contribution in [0.2, 0.25) is 0 Å². The molecule has 1 rings (SSSR count). The molecule has 0 spiro atoms. The van der Waals surface area contributed by atoms with Gasteiger partial charge in [-0.1, -0.05) is 20.8 Å². The van der Waals surface area contributed by atoms with Crippen molar-refractivity contribution >= 4 is 0 Å². The molecule has 0 aromatic carbocycles. The van der Waals surface area contributed by atoms with Gasteiger partial charge in [0.25, 0.3) is 0 Å². The Hall–Kier alpha value is -1.00. The van der Waals surface area contributed by atoms with Crippen molar-refractivity contribution in [2.45, 2.75) is 33.2 Å². The maximum absolute atomic E-state index is 13.2. The van der Waals surface area contributed by atoms with Crippen LogP contribution in [-0.4, -0.2) is 36.1 Å². The van der Waals surface area contributed by atoms with Crippen molar-refractivity contribution in [3.8, 4) is 0 Å². The molecule has 3 nitrogen and oxygen atoms in total. The lowest BCUT2D eigenvalue weighted by atomic mass is 10.1.